The van der Waals surface area contributed by atoms with Gasteiger partial charge in [0.2, 0.25) is 5.91 Å². The Morgan fingerprint density at radius 2 is 1.58 bits per heavy atom. The van der Waals surface area contributed by atoms with E-state index in [0.717, 1.165) is 64.2 Å². The highest BCUT2D eigenvalue weighted by Crippen LogP contribution is 2.28. The number of carbonyl (C=O) groups is 3. The van der Waals surface area contributed by atoms with Gasteiger partial charge in [-0.1, -0.05) is 24.3 Å². The number of aryl methyl sites for hydroxylation is 1. The molecule has 0 bridgehead atoms. The quantitative estimate of drug-likeness (QED) is 0.357. The summed E-state index contributed by atoms with van der Waals surface area (Å²) in [4.78, 5) is 41.0. The lowest BCUT2D eigenvalue weighted by Crippen LogP contribution is -2.46. The minimum atomic E-state index is -1.82. The van der Waals surface area contributed by atoms with Gasteiger partial charge < -0.3 is 25.0 Å². The first-order chi connectivity index (χ1) is 17.4. The lowest BCUT2D eigenvalue weighted by molar-refractivity contribution is -0.159. The minimum Gasteiger partial charge on any atom is -0.473 e. The molecular formula is C27H32N4O5. The fraction of sp³-hybridized carbons (Fsp3) is 0.370. The van der Waals surface area contributed by atoms with Gasteiger partial charge >= 0.3 is 11.9 Å². The van der Waals surface area contributed by atoms with E-state index < -0.39 is 11.9 Å². The SMILES string of the molecule is O=C(O)C(=O)O.O=C1CCc2ccccc2N1CCCCN1CCN(c2ccc3cc[nH]c3c2)CC1. The number of H-pyrrole nitrogens is 1. The van der Waals surface area contributed by atoms with Crippen LogP contribution in [0.5, 0.6) is 0 Å². The summed E-state index contributed by atoms with van der Waals surface area (Å²) >= 11 is 0. The van der Waals surface area contributed by atoms with E-state index in [1.807, 2.05) is 17.2 Å². The molecule has 2 aromatic carbocycles. The maximum atomic E-state index is 12.4. The van der Waals surface area contributed by atoms with E-state index in [-0.39, 0.29) is 5.91 Å². The monoisotopic (exact) mass is 492 g/mol. The van der Waals surface area contributed by atoms with Gasteiger partial charge in [-0.2, -0.15) is 0 Å². The summed E-state index contributed by atoms with van der Waals surface area (Å²) in [5.74, 6) is -3.37. The number of rotatable bonds is 6. The molecule has 3 aromatic rings. The van der Waals surface area contributed by atoms with Gasteiger partial charge in [0.25, 0.3) is 0 Å². The molecule has 0 spiro atoms. The van der Waals surface area contributed by atoms with Crippen LogP contribution in [0.1, 0.15) is 24.8 Å². The van der Waals surface area contributed by atoms with Crippen molar-refractivity contribution in [1.82, 2.24) is 9.88 Å². The topological polar surface area (TPSA) is 117 Å². The van der Waals surface area contributed by atoms with Crippen molar-refractivity contribution in [2.24, 2.45) is 0 Å². The van der Waals surface area contributed by atoms with Crippen molar-refractivity contribution in [2.45, 2.75) is 25.7 Å². The second-order valence-electron chi connectivity index (χ2n) is 9.07. The molecule has 1 fully saturated rings. The van der Waals surface area contributed by atoms with Gasteiger partial charge in [0.15, 0.2) is 0 Å². The number of nitrogens with one attached hydrogen (secondary N) is 1. The lowest BCUT2D eigenvalue weighted by atomic mass is 10.0. The summed E-state index contributed by atoms with van der Waals surface area (Å²) < 4.78 is 0. The zero-order valence-electron chi connectivity index (χ0n) is 20.2. The third-order valence-corrected chi connectivity index (χ3v) is 6.76. The average molecular weight is 493 g/mol. The number of anilines is 2. The highest BCUT2D eigenvalue weighted by atomic mass is 16.4. The van der Waals surface area contributed by atoms with Crippen LogP contribution in [0.25, 0.3) is 10.9 Å². The van der Waals surface area contributed by atoms with Crippen molar-refractivity contribution < 1.29 is 24.6 Å². The molecule has 9 nitrogen and oxygen atoms in total. The van der Waals surface area contributed by atoms with Gasteiger partial charge in [-0.25, -0.2) is 9.59 Å². The first-order valence-corrected chi connectivity index (χ1v) is 12.3. The van der Waals surface area contributed by atoms with Crippen molar-refractivity contribution in [2.75, 3.05) is 49.1 Å². The molecule has 3 heterocycles. The van der Waals surface area contributed by atoms with E-state index in [9.17, 15) is 4.79 Å². The second kappa shape index (κ2) is 11.7. The van der Waals surface area contributed by atoms with Gasteiger partial charge in [-0.3, -0.25) is 9.69 Å². The third kappa shape index (κ3) is 6.23. The molecule has 2 aliphatic rings. The first kappa shape index (κ1) is 25.2. The average Bonchev–Trinajstić information content (AvgIpc) is 3.36. The van der Waals surface area contributed by atoms with Crippen LogP contribution in [0.2, 0.25) is 0 Å². The van der Waals surface area contributed by atoms with Crippen LogP contribution in [0, 0.1) is 0 Å². The number of carboxylic acids is 2. The van der Waals surface area contributed by atoms with E-state index in [2.05, 4.69) is 57.2 Å². The summed E-state index contributed by atoms with van der Waals surface area (Å²) in [5, 5.41) is 16.1. The van der Waals surface area contributed by atoms with Crippen LogP contribution in [-0.2, 0) is 20.8 Å². The number of unbranched alkanes of at least 4 members (excludes halogenated alkanes) is 1. The molecule has 2 aliphatic heterocycles. The zero-order valence-corrected chi connectivity index (χ0v) is 20.2. The number of carboxylic acid groups (broad SMARTS) is 2. The Morgan fingerprint density at radius 1 is 0.861 bits per heavy atom. The number of hydrogen-bond donors (Lipinski definition) is 3. The predicted molar refractivity (Wildman–Crippen MR) is 139 cm³/mol. The predicted octanol–water partition coefficient (Wildman–Crippen LogP) is 3.21. The summed E-state index contributed by atoms with van der Waals surface area (Å²) in [6.45, 7) is 6.32. The molecule has 1 aromatic heterocycles. The summed E-state index contributed by atoms with van der Waals surface area (Å²) in [6.07, 6.45) is 5.73. The van der Waals surface area contributed by atoms with Crippen molar-refractivity contribution in [3.63, 3.8) is 0 Å². The summed E-state index contributed by atoms with van der Waals surface area (Å²) in [6, 6.07) is 17.2. The number of piperazine rings is 1. The molecule has 190 valence electrons. The molecule has 36 heavy (non-hydrogen) atoms. The molecule has 5 rings (SSSR count). The van der Waals surface area contributed by atoms with E-state index in [1.54, 1.807) is 0 Å². The molecule has 0 radical (unpaired) electrons. The number of carbonyl (C=O) groups excluding carboxylic acids is 1. The standard InChI is InChI=1S/C25H30N4O.C2H2O4/c30-25-10-8-21-5-1-2-6-24(21)29(25)14-4-3-13-27-15-17-28(18-16-27)22-9-7-20-11-12-26-23(20)19-22;3-1(4)2(5)6/h1-2,5-7,9,11-12,19,26H,3-4,8,10,13-18H2;(H,3,4)(H,5,6). The van der Waals surface area contributed by atoms with E-state index in [4.69, 9.17) is 19.8 Å². The lowest BCUT2D eigenvalue weighted by Gasteiger charge is -2.36. The smallest absolute Gasteiger partial charge is 0.414 e. The van der Waals surface area contributed by atoms with Gasteiger partial charge in [0, 0.05) is 62.2 Å². The van der Waals surface area contributed by atoms with Gasteiger partial charge in [0.1, 0.15) is 0 Å². The van der Waals surface area contributed by atoms with Crippen molar-refractivity contribution in [1.29, 1.82) is 0 Å². The van der Waals surface area contributed by atoms with Crippen molar-refractivity contribution in [3.05, 3.63) is 60.3 Å². The van der Waals surface area contributed by atoms with Crippen LogP contribution >= 0.6 is 0 Å². The zero-order chi connectivity index (χ0) is 25.5. The third-order valence-electron chi connectivity index (χ3n) is 6.76. The number of fused-ring (bicyclic) bond motifs is 2. The van der Waals surface area contributed by atoms with Crippen LogP contribution in [0.4, 0.5) is 11.4 Å². The largest absolute Gasteiger partial charge is 0.473 e. The van der Waals surface area contributed by atoms with Crippen LogP contribution < -0.4 is 9.80 Å². The maximum absolute atomic E-state index is 12.4. The van der Waals surface area contributed by atoms with Gasteiger partial charge in [-0.15, -0.1) is 0 Å². The fourth-order valence-corrected chi connectivity index (χ4v) is 4.81. The molecule has 0 aliphatic carbocycles. The van der Waals surface area contributed by atoms with Gasteiger partial charge in [0.05, 0.1) is 0 Å². The molecular weight excluding hydrogens is 460 g/mol. The van der Waals surface area contributed by atoms with E-state index in [1.165, 1.54) is 22.2 Å². The molecule has 1 saturated heterocycles. The van der Waals surface area contributed by atoms with Crippen molar-refractivity contribution in [3.8, 4) is 0 Å². The molecule has 0 saturated carbocycles. The first-order valence-electron chi connectivity index (χ1n) is 12.3. The Kier molecular flexibility index (Phi) is 8.22. The number of aromatic nitrogens is 1. The number of hydrogen-bond acceptors (Lipinski definition) is 5. The Hall–Kier alpha value is -3.85. The number of benzene rings is 2. The highest BCUT2D eigenvalue weighted by Gasteiger charge is 2.23. The number of nitrogens with zero attached hydrogens (tertiary/aromatic N) is 3. The van der Waals surface area contributed by atoms with E-state index in [0.29, 0.717) is 6.42 Å². The Morgan fingerprint density at radius 3 is 2.33 bits per heavy atom. The fourth-order valence-electron chi connectivity index (χ4n) is 4.81. The van der Waals surface area contributed by atoms with Crippen molar-refractivity contribution >= 4 is 40.1 Å². The van der Waals surface area contributed by atoms with Crippen LogP contribution in [-0.4, -0.2) is 77.2 Å². The molecule has 0 unspecified atom stereocenters. The Balaban J connectivity index is 0.000000455. The summed E-state index contributed by atoms with van der Waals surface area (Å²) in [5.41, 5.74) is 4.96. The maximum Gasteiger partial charge on any atom is 0.414 e. The highest BCUT2D eigenvalue weighted by molar-refractivity contribution is 6.27. The number of para-hydroxylation sites is 1. The number of amides is 1. The minimum absolute atomic E-state index is 0.279. The van der Waals surface area contributed by atoms with Gasteiger partial charge in [-0.05, 0) is 61.0 Å². The Bertz CT molecular complexity index is 1200. The normalized spacial score (nSPS) is 15.8. The second-order valence-corrected chi connectivity index (χ2v) is 9.07. The van der Waals surface area contributed by atoms with E-state index >= 15 is 0 Å². The molecule has 1 amide bonds. The van der Waals surface area contributed by atoms with Crippen LogP contribution in [0.3, 0.4) is 0 Å². The number of aliphatic carboxylic acids is 2. The molecule has 9 heteroatoms. The summed E-state index contributed by atoms with van der Waals surface area (Å²) in [7, 11) is 0. The molecule has 0 atom stereocenters. The van der Waals surface area contributed by atoms with Crippen LogP contribution in [0.15, 0.2) is 54.7 Å². The number of aromatic amines is 1. The molecule has 3 N–H and O–H groups in total. The Labute approximate surface area is 209 Å².